The van der Waals surface area contributed by atoms with Crippen molar-refractivity contribution in [3.63, 3.8) is 0 Å². The Kier molecular flexibility index (Phi) is 5.28. The number of nitrogens with one attached hydrogen (secondary N) is 1. The number of nitrogen functional groups attached to an aromatic ring is 1. The van der Waals surface area contributed by atoms with Crippen LogP contribution in [-0.2, 0) is 0 Å². The van der Waals surface area contributed by atoms with E-state index < -0.39 is 0 Å². The predicted molar refractivity (Wildman–Crippen MR) is 67.5 cm³/mol. The van der Waals surface area contributed by atoms with Gasteiger partial charge in [0.2, 0.25) is 0 Å². The third-order valence-corrected chi connectivity index (χ3v) is 2.88. The van der Waals surface area contributed by atoms with E-state index >= 15 is 0 Å². The first-order valence-electron chi connectivity index (χ1n) is 4.44. The fourth-order valence-corrected chi connectivity index (χ4v) is 1.64. The molecule has 15 heavy (non-hydrogen) atoms. The van der Waals surface area contributed by atoms with Crippen molar-refractivity contribution in [1.29, 1.82) is 0 Å². The normalized spacial score (nSPS) is 9.93. The van der Waals surface area contributed by atoms with Gasteiger partial charge >= 0.3 is 0 Å². The van der Waals surface area contributed by atoms with Gasteiger partial charge in [-0.15, -0.1) is 6.58 Å². The van der Waals surface area contributed by atoms with Crippen LogP contribution < -0.4 is 11.1 Å². The number of aromatic nitrogens is 2. The fraction of sp³-hybridized carbons (Fsp3) is 0.333. The van der Waals surface area contributed by atoms with Gasteiger partial charge in [0.05, 0.1) is 0 Å². The zero-order valence-electron chi connectivity index (χ0n) is 8.24. The van der Waals surface area contributed by atoms with Crippen LogP contribution in [0.3, 0.4) is 0 Å². The molecule has 0 radical (unpaired) electrons. The summed E-state index contributed by atoms with van der Waals surface area (Å²) in [4.78, 5) is 7.76. The van der Waals surface area contributed by atoms with Gasteiger partial charge < -0.3 is 11.1 Å². The maximum atomic E-state index is 5.74. The van der Waals surface area contributed by atoms with Crippen molar-refractivity contribution in [2.24, 2.45) is 0 Å². The number of hydrogen-bond acceptors (Lipinski definition) is 5. The van der Waals surface area contributed by atoms with E-state index in [1.165, 1.54) is 6.33 Å². The molecule has 0 spiro atoms. The minimum Gasteiger partial charge on any atom is -0.393 e. The molecule has 1 aromatic rings. The van der Waals surface area contributed by atoms with Gasteiger partial charge in [0.25, 0.3) is 0 Å². The highest BCUT2D eigenvalue weighted by Crippen LogP contribution is 2.21. The number of rotatable bonds is 6. The van der Waals surface area contributed by atoms with Crippen molar-refractivity contribution in [3.8, 4) is 0 Å². The Hall–Kier alpha value is -0.940. The summed E-state index contributed by atoms with van der Waals surface area (Å²) in [6.07, 6.45) is 3.26. The average Bonchev–Trinajstić information content (AvgIpc) is 2.24. The van der Waals surface area contributed by atoms with Crippen molar-refractivity contribution in [3.05, 3.63) is 24.1 Å². The number of nitrogens with two attached hydrogens (primary N) is 1. The van der Waals surface area contributed by atoms with Crippen LogP contribution >= 0.6 is 23.4 Å². The second-order valence-electron chi connectivity index (χ2n) is 2.72. The molecule has 82 valence electrons. The van der Waals surface area contributed by atoms with Crippen LogP contribution in [0.4, 0.5) is 11.5 Å². The number of halogens is 1. The quantitative estimate of drug-likeness (QED) is 0.456. The minimum atomic E-state index is 0.284. The van der Waals surface area contributed by atoms with E-state index in [4.69, 9.17) is 17.3 Å². The molecule has 1 heterocycles. The average molecular weight is 245 g/mol. The number of nitrogens with zero attached hydrogens (tertiary/aromatic N) is 2. The molecule has 0 fully saturated rings. The first kappa shape index (κ1) is 12.1. The molecular formula is C9H13ClN4S. The lowest BCUT2D eigenvalue weighted by atomic mass is 10.5. The fourth-order valence-electron chi connectivity index (χ4n) is 0.923. The van der Waals surface area contributed by atoms with E-state index in [0.717, 1.165) is 18.1 Å². The lowest BCUT2D eigenvalue weighted by molar-refractivity contribution is 1.12. The molecule has 0 unspecified atom stereocenters. The minimum absolute atomic E-state index is 0.284. The zero-order chi connectivity index (χ0) is 11.1. The van der Waals surface area contributed by atoms with Gasteiger partial charge in [0.15, 0.2) is 11.0 Å². The summed E-state index contributed by atoms with van der Waals surface area (Å²) in [5.41, 5.74) is 6.08. The molecule has 0 atom stereocenters. The van der Waals surface area contributed by atoms with E-state index in [2.05, 4.69) is 21.9 Å². The molecule has 0 amide bonds. The van der Waals surface area contributed by atoms with E-state index in [0.29, 0.717) is 11.5 Å². The summed E-state index contributed by atoms with van der Waals surface area (Å²) in [5, 5.41) is 3.38. The molecule has 1 aromatic heterocycles. The van der Waals surface area contributed by atoms with Crippen molar-refractivity contribution < 1.29 is 0 Å². The van der Waals surface area contributed by atoms with Crippen LogP contribution in [0, 0.1) is 0 Å². The van der Waals surface area contributed by atoms with Crippen molar-refractivity contribution in [2.75, 3.05) is 29.1 Å². The first-order valence-corrected chi connectivity index (χ1v) is 5.97. The number of thioether (sulfide) groups is 1. The Morgan fingerprint density at radius 2 is 2.40 bits per heavy atom. The van der Waals surface area contributed by atoms with Gasteiger partial charge in [-0.05, 0) is 0 Å². The Morgan fingerprint density at radius 3 is 3.13 bits per heavy atom. The van der Waals surface area contributed by atoms with Crippen LogP contribution in [0.2, 0.25) is 5.15 Å². The molecule has 0 saturated heterocycles. The second kappa shape index (κ2) is 6.53. The summed E-state index contributed by atoms with van der Waals surface area (Å²) in [5.74, 6) is 2.50. The highest BCUT2D eigenvalue weighted by Gasteiger charge is 2.04. The monoisotopic (exact) mass is 244 g/mol. The van der Waals surface area contributed by atoms with Gasteiger partial charge in [0.1, 0.15) is 12.0 Å². The number of anilines is 2. The SMILES string of the molecule is C=CCSCCNc1ncnc(Cl)c1N. The molecule has 1 rings (SSSR count). The lowest BCUT2D eigenvalue weighted by Gasteiger charge is -2.07. The molecule has 0 bridgehead atoms. The third-order valence-electron chi connectivity index (χ3n) is 1.61. The molecular weight excluding hydrogens is 232 g/mol. The highest BCUT2D eigenvalue weighted by atomic mass is 35.5. The summed E-state index contributed by atoms with van der Waals surface area (Å²) in [6.45, 7) is 4.43. The zero-order valence-corrected chi connectivity index (χ0v) is 9.81. The molecule has 3 N–H and O–H groups in total. The summed E-state index contributed by atoms with van der Waals surface area (Å²) in [6, 6.07) is 0. The van der Waals surface area contributed by atoms with Crippen molar-refractivity contribution >= 4 is 34.9 Å². The molecule has 6 heteroatoms. The smallest absolute Gasteiger partial charge is 0.157 e. The van der Waals surface area contributed by atoms with E-state index in [-0.39, 0.29) is 5.15 Å². The molecule has 0 aromatic carbocycles. The van der Waals surface area contributed by atoms with E-state index in [1.807, 2.05) is 6.08 Å². The predicted octanol–water partition coefficient (Wildman–Crippen LogP) is 2.04. The van der Waals surface area contributed by atoms with Crippen LogP contribution in [0.25, 0.3) is 0 Å². The van der Waals surface area contributed by atoms with E-state index in [9.17, 15) is 0 Å². The summed E-state index contributed by atoms with van der Waals surface area (Å²) in [7, 11) is 0. The van der Waals surface area contributed by atoms with Gasteiger partial charge in [-0.3, -0.25) is 0 Å². The largest absolute Gasteiger partial charge is 0.393 e. The van der Waals surface area contributed by atoms with Crippen LogP contribution in [-0.4, -0.2) is 28.0 Å². The second-order valence-corrected chi connectivity index (χ2v) is 4.22. The molecule has 0 aliphatic carbocycles. The molecule has 4 nitrogen and oxygen atoms in total. The Morgan fingerprint density at radius 1 is 1.60 bits per heavy atom. The van der Waals surface area contributed by atoms with Crippen LogP contribution in [0.1, 0.15) is 0 Å². The number of hydrogen-bond donors (Lipinski definition) is 2. The first-order chi connectivity index (χ1) is 7.25. The van der Waals surface area contributed by atoms with Crippen molar-refractivity contribution in [1.82, 2.24) is 9.97 Å². The van der Waals surface area contributed by atoms with Crippen molar-refractivity contribution in [2.45, 2.75) is 0 Å². The van der Waals surface area contributed by atoms with Crippen LogP contribution in [0.5, 0.6) is 0 Å². The molecule has 0 aliphatic heterocycles. The van der Waals surface area contributed by atoms with Gasteiger partial charge in [0, 0.05) is 18.1 Å². The highest BCUT2D eigenvalue weighted by molar-refractivity contribution is 7.99. The van der Waals surface area contributed by atoms with Gasteiger partial charge in [-0.2, -0.15) is 11.8 Å². The summed E-state index contributed by atoms with van der Waals surface area (Å²) < 4.78 is 0. The van der Waals surface area contributed by atoms with Gasteiger partial charge in [-0.1, -0.05) is 17.7 Å². The summed E-state index contributed by atoms with van der Waals surface area (Å²) >= 11 is 7.53. The Labute approximate surface area is 98.3 Å². The molecule has 0 aliphatic rings. The standard InChI is InChI=1S/C9H13ClN4S/c1-2-4-15-5-3-12-9-7(11)8(10)13-6-14-9/h2,6H,1,3-5,11H2,(H,12,13,14). The maximum Gasteiger partial charge on any atom is 0.157 e. The maximum absolute atomic E-state index is 5.74. The van der Waals surface area contributed by atoms with Gasteiger partial charge in [-0.25, -0.2) is 9.97 Å². The lowest BCUT2D eigenvalue weighted by Crippen LogP contribution is -2.09. The van der Waals surface area contributed by atoms with E-state index in [1.54, 1.807) is 11.8 Å². The van der Waals surface area contributed by atoms with Crippen LogP contribution in [0.15, 0.2) is 19.0 Å². The Balaban J connectivity index is 2.37. The Bertz CT molecular complexity index is 332. The topological polar surface area (TPSA) is 63.8 Å². The molecule has 0 saturated carbocycles. The third kappa shape index (κ3) is 3.97.